The lowest BCUT2D eigenvalue weighted by Crippen LogP contribution is -2.37. The van der Waals surface area contributed by atoms with Crippen LogP contribution in [0.2, 0.25) is 0 Å². The third-order valence-electron chi connectivity index (χ3n) is 3.40. The summed E-state index contributed by atoms with van der Waals surface area (Å²) in [5, 5.41) is 6.26. The molecule has 0 fully saturated rings. The molecule has 0 aliphatic heterocycles. The second kappa shape index (κ2) is 7.64. The summed E-state index contributed by atoms with van der Waals surface area (Å²) in [7, 11) is 0. The molecule has 2 aromatic rings. The molecule has 0 aliphatic carbocycles. The summed E-state index contributed by atoms with van der Waals surface area (Å²) < 4.78 is 5.48. The van der Waals surface area contributed by atoms with Gasteiger partial charge in [0.05, 0.1) is 6.26 Å². The van der Waals surface area contributed by atoms with E-state index in [4.69, 9.17) is 4.42 Å². The van der Waals surface area contributed by atoms with Crippen LogP contribution >= 0.6 is 0 Å². The Kier molecular flexibility index (Phi) is 5.58. The first kappa shape index (κ1) is 15.3. The minimum Gasteiger partial charge on any atom is -0.467 e. The number of carbonyl (C=O) groups excluding carboxylic acids is 1. The number of rotatable bonds is 7. The maximum Gasteiger partial charge on any atom is 0.224 e. The Morgan fingerprint density at radius 3 is 2.57 bits per heavy atom. The third kappa shape index (κ3) is 4.20. The van der Waals surface area contributed by atoms with E-state index in [9.17, 15) is 4.79 Å². The van der Waals surface area contributed by atoms with Crippen LogP contribution in [0.15, 0.2) is 53.1 Å². The highest BCUT2D eigenvalue weighted by Crippen LogP contribution is 2.22. The summed E-state index contributed by atoms with van der Waals surface area (Å²) in [5.74, 6) is 0.664. The number of carbonyl (C=O) groups is 1. The van der Waals surface area contributed by atoms with Crippen LogP contribution in [0.25, 0.3) is 0 Å². The van der Waals surface area contributed by atoms with Crippen molar-refractivity contribution in [2.45, 2.75) is 19.9 Å². The van der Waals surface area contributed by atoms with Crippen molar-refractivity contribution < 1.29 is 9.21 Å². The van der Waals surface area contributed by atoms with Gasteiger partial charge in [-0.15, -0.1) is 0 Å². The molecule has 0 spiro atoms. The first-order chi connectivity index (χ1) is 10.2. The Bertz CT molecular complexity index is 537. The van der Waals surface area contributed by atoms with Crippen LogP contribution < -0.4 is 10.6 Å². The smallest absolute Gasteiger partial charge is 0.224 e. The predicted molar refractivity (Wildman–Crippen MR) is 82.8 cm³/mol. The number of furan rings is 1. The van der Waals surface area contributed by atoms with Gasteiger partial charge in [0.15, 0.2) is 0 Å². The number of hydrogen-bond donors (Lipinski definition) is 2. The summed E-state index contributed by atoms with van der Waals surface area (Å²) in [6.07, 6.45) is 1.62. The molecule has 0 bridgehead atoms. The van der Waals surface area contributed by atoms with Crippen molar-refractivity contribution in [1.82, 2.24) is 10.6 Å². The zero-order valence-corrected chi connectivity index (χ0v) is 12.5. The highest BCUT2D eigenvalue weighted by atomic mass is 16.3. The first-order valence-electron chi connectivity index (χ1n) is 7.31. The zero-order chi connectivity index (χ0) is 15.1. The average molecular weight is 286 g/mol. The molecule has 112 valence electrons. The van der Waals surface area contributed by atoms with Gasteiger partial charge in [0.25, 0.3) is 0 Å². The molecule has 2 N–H and O–H groups in total. The number of benzene rings is 1. The summed E-state index contributed by atoms with van der Waals surface area (Å²) in [6, 6.07) is 13.3. The van der Waals surface area contributed by atoms with Crippen LogP contribution in [0, 0.1) is 5.92 Å². The summed E-state index contributed by atoms with van der Waals surface area (Å²) in [5.41, 5.74) is 1.01. The monoisotopic (exact) mass is 286 g/mol. The fourth-order valence-corrected chi connectivity index (χ4v) is 2.16. The largest absolute Gasteiger partial charge is 0.467 e. The Morgan fingerprint density at radius 2 is 1.95 bits per heavy atom. The zero-order valence-electron chi connectivity index (χ0n) is 12.5. The molecule has 0 saturated carbocycles. The molecule has 1 heterocycles. The maximum atomic E-state index is 12.3. The minimum absolute atomic E-state index is 0.0150. The number of amides is 1. The van der Waals surface area contributed by atoms with E-state index in [0.717, 1.165) is 17.9 Å². The SMILES string of the molecule is CCNCC(C)C(=O)NC(c1ccccc1)c1ccco1. The van der Waals surface area contributed by atoms with Gasteiger partial charge in [-0.1, -0.05) is 44.2 Å². The van der Waals surface area contributed by atoms with E-state index >= 15 is 0 Å². The van der Waals surface area contributed by atoms with Gasteiger partial charge in [0, 0.05) is 12.5 Å². The van der Waals surface area contributed by atoms with Crippen molar-refractivity contribution in [3.05, 3.63) is 60.1 Å². The Labute approximate surface area is 125 Å². The lowest BCUT2D eigenvalue weighted by atomic mass is 10.0. The average Bonchev–Trinajstić information content (AvgIpc) is 3.04. The van der Waals surface area contributed by atoms with Gasteiger partial charge in [0.1, 0.15) is 11.8 Å². The predicted octanol–water partition coefficient (Wildman–Crippen LogP) is 2.73. The normalized spacial score (nSPS) is 13.6. The Morgan fingerprint density at radius 1 is 1.19 bits per heavy atom. The topological polar surface area (TPSA) is 54.3 Å². The van der Waals surface area contributed by atoms with E-state index in [1.807, 2.05) is 56.3 Å². The molecule has 4 heteroatoms. The molecule has 2 rings (SSSR count). The minimum atomic E-state index is -0.252. The van der Waals surface area contributed by atoms with Crippen molar-refractivity contribution in [1.29, 1.82) is 0 Å². The van der Waals surface area contributed by atoms with Gasteiger partial charge in [-0.05, 0) is 24.2 Å². The molecule has 4 nitrogen and oxygen atoms in total. The number of nitrogens with one attached hydrogen (secondary N) is 2. The van der Waals surface area contributed by atoms with Crippen molar-refractivity contribution in [3.63, 3.8) is 0 Å². The fraction of sp³-hybridized carbons (Fsp3) is 0.353. The summed E-state index contributed by atoms with van der Waals surface area (Å²) in [6.45, 7) is 5.47. The highest BCUT2D eigenvalue weighted by Gasteiger charge is 2.21. The van der Waals surface area contributed by atoms with E-state index in [0.29, 0.717) is 6.54 Å². The van der Waals surface area contributed by atoms with Gasteiger partial charge >= 0.3 is 0 Å². The van der Waals surface area contributed by atoms with Crippen LogP contribution in [0.1, 0.15) is 31.2 Å². The summed E-state index contributed by atoms with van der Waals surface area (Å²) >= 11 is 0. The molecule has 0 aliphatic rings. The van der Waals surface area contributed by atoms with Gasteiger partial charge in [0.2, 0.25) is 5.91 Å². The maximum absolute atomic E-state index is 12.3. The Hall–Kier alpha value is -2.07. The van der Waals surface area contributed by atoms with E-state index < -0.39 is 0 Å². The molecule has 2 unspecified atom stereocenters. The molecule has 21 heavy (non-hydrogen) atoms. The molecular weight excluding hydrogens is 264 g/mol. The molecular formula is C17H22N2O2. The summed E-state index contributed by atoms with van der Waals surface area (Å²) in [4.78, 5) is 12.3. The van der Waals surface area contributed by atoms with Crippen LogP contribution in [0.3, 0.4) is 0 Å². The van der Waals surface area contributed by atoms with E-state index in [-0.39, 0.29) is 17.9 Å². The molecule has 2 atom stereocenters. The molecule has 0 radical (unpaired) electrons. The van der Waals surface area contributed by atoms with Crippen LogP contribution in [0.4, 0.5) is 0 Å². The lowest BCUT2D eigenvalue weighted by molar-refractivity contribution is -0.125. The quantitative estimate of drug-likeness (QED) is 0.823. The van der Waals surface area contributed by atoms with E-state index in [1.165, 1.54) is 0 Å². The Balaban J connectivity index is 2.12. The van der Waals surface area contributed by atoms with Crippen molar-refractivity contribution >= 4 is 5.91 Å². The second-order valence-corrected chi connectivity index (χ2v) is 5.08. The number of hydrogen-bond acceptors (Lipinski definition) is 3. The molecule has 1 amide bonds. The van der Waals surface area contributed by atoms with Crippen molar-refractivity contribution in [2.75, 3.05) is 13.1 Å². The fourth-order valence-electron chi connectivity index (χ4n) is 2.16. The molecule has 1 aromatic heterocycles. The van der Waals surface area contributed by atoms with Crippen molar-refractivity contribution in [2.24, 2.45) is 5.92 Å². The third-order valence-corrected chi connectivity index (χ3v) is 3.40. The standard InChI is InChI=1S/C17H22N2O2/c1-3-18-12-13(2)17(20)19-16(15-10-7-11-21-15)14-8-5-4-6-9-14/h4-11,13,16,18H,3,12H2,1-2H3,(H,19,20). The highest BCUT2D eigenvalue weighted by molar-refractivity contribution is 5.79. The van der Waals surface area contributed by atoms with Crippen LogP contribution in [-0.2, 0) is 4.79 Å². The van der Waals surface area contributed by atoms with Gasteiger partial charge in [-0.2, -0.15) is 0 Å². The van der Waals surface area contributed by atoms with Gasteiger partial charge < -0.3 is 15.1 Å². The van der Waals surface area contributed by atoms with Crippen LogP contribution in [0.5, 0.6) is 0 Å². The lowest BCUT2D eigenvalue weighted by Gasteiger charge is -2.20. The van der Waals surface area contributed by atoms with E-state index in [1.54, 1.807) is 6.26 Å². The van der Waals surface area contributed by atoms with E-state index in [2.05, 4.69) is 10.6 Å². The first-order valence-corrected chi connectivity index (χ1v) is 7.31. The second-order valence-electron chi connectivity index (χ2n) is 5.08. The molecule has 1 aromatic carbocycles. The van der Waals surface area contributed by atoms with Crippen molar-refractivity contribution in [3.8, 4) is 0 Å². The van der Waals surface area contributed by atoms with Crippen LogP contribution in [-0.4, -0.2) is 19.0 Å². The van der Waals surface area contributed by atoms with Gasteiger partial charge in [-0.25, -0.2) is 0 Å². The van der Waals surface area contributed by atoms with Gasteiger partial charge in [-0.3, -0.25) is 4.79 Å². The molecule has 0 saturated heterocycles.